The number of aliphatic hydroxyl groups is 1. The molecule has 4 aromatic heterocycles. The van der Waals surface area contributed by atoms with E-state index in [1.165, 1.54) is 41.9 Å². The van der Waals surface area contributed by atoms with Crippen molar-refractivity contribution in [1.29, 1.82) is 0 Å². The number of hydrogen-bond donors (Lipinski definition) is 3. The summed E-state index contributed by atoms with van der Waals surface area (Å²) in [5, 5.41) is 20.4. The summed E-state index contributed by atoms with van der Waals surface area (Å²) in [7, 11) is -12.5. The molecule has 0 saturated carbocycles. The molecule has 24 heteroatoms. The third-order valence-corrected chi connectivity index (χ3v) is 16.6. The van der Waals surface area contributed by atoms with E-state index >= 15 is 0 Å². The summed E-state index contributed by atoms with van der Waals surface area (Å²) in [6, 6.07) is 12.2. The number of halogens is 1. The lowest BCUT2D eigenvalue weighted by atomic mass is 10.5. The Kier molecular flexibility index (Phi) is 17.4. The maximum Gasteiger partial charge on any atom is 0.345 e. The number of nitrogens with one attached hydrogen (secondary N) is 1. The van der Waals surface area contributed by atoms with E-state index in [-0.39, 0.29) is 22.2 Å². The summed E-state index contributed by atoms with van der Waals surface area (Å²) >= 11 is 9.49. The van der Waals surface area contributed by atoms with Gasteiger partial charge in [0.25, 0.3) is 0 Å². The number of carbonyl (C=O) groups is 1. The van der Waals surface area contributed by atoms with Crippen molar-refractivity contribution in [3.8, 4) is 0 Å². The first-order chi connectivity index (χ1) is 22.0. The average Bonchev–Trinajstić information content (AvgIpc) is 3.78. The molecule has 4 heterocycles. The lowest BCUT2D eigenvalue weighted by Gasteiger charge is -1.90. The molecule has 4 aromatic rings. The van der Waals surface area contributed by atoms with Crippen LogP contribution in [-0.4, -0.2) is 74.9 Å². The van der Waals surface area contributed by atoms with Gasteiger partial charge in [-0.1, -0.05) is 5.11 Å². The molecule has 0 aliphatic carbocycles. The average molecular weight is 842 g/mol. The molecule has 0 amide bonds. The number of carboxylic acid groups (broad SMARTS) is 1. The third-order valence-electron chi connectivity index (χ3n) is 4.85. The molecule has 0 saturated heterocycles. The van der Waals surface area contributed by atoms with Gasteiger partial charge in [0, 0.05) is 51.1 Å². The molecule has 266 valence electrons. The molecule has 0 aliphatic heterocycles. The summed E-state index contributed by atoms with van der Waals surface area (Å²) < 4.78 is 88.7. The fourth-order valence-corrected chi connectivity index (χ4v) is 10.4. The first-order valence-corrected chi connectivity index (χ1v) is 23.6. The predicted octanol–water partition coefficient (Wildman–Crippen LogP) is 4.85. The maximum atomic E-state index is 11.0. The van der Waals surface area contributed by atoms with Crippen LogP contribution in [0.5, 0.6) is 0 Å². The van der Waals surface area contributed by atoms with Gasteiger partial charge >= 0.3 is 5.97 Å². The molecule has 3 N–H and O–H groups in total. The third kappa shape index (κ3) is 15.9. The van der Waals surface area contributed by atoms with Crippen LogP contribution in [-0.2, 0) is 59.0 Å². The molecule has 0 spiro atoms. The van der Waals surface area contributed by atoms with Crippen LogP contribution in [0.2, 0.25) is 0 Å². The number of aromatic carboxylic acids is 1. The highest BCUT2D eigenvalue weighted by Crippen LogP contribution is 2.23. The zero-order valence-electron chi connectivity index (χ0n) is 25.3. The second-order valence-electron chi connectivity index (χ2n) is 9.03. The number of sulfone groups is 4. The molecule has 48 heavy (non-hydrogen) atoms. The highest BCUT2D eigenvalue weighted by molar-refractivity contribution is 7.93. The van der Waals surface area contributed by atoms with Crippen molar-refractivity contribution in [2.24, 2.45) is 5.11 Å². The minimum absolute atomic E-state index is 0.0374. The van der Waals surface area contributed by atoms with Crippen LogP contribution in [0.3, 0.4) is 0 Å². The molecule has 0 bridgehead atoms. The van der Waals surface area contributed by atoms with Crippen molar-refractivity contribution in [2.45, 2.75) is 36.5 Å². The van der Waals surface area contributed by atoms with E-state index in [0.29, 0.717) is 24.0 Å². The zero-order valence-corrected chi connectivity index (χ0v) is 32.6. The van der Waals surface area contributed by atoms with Gasteiger partial charge in [0.15, 0.2) is 39.3 Å². The highest BCUT2D eigenvalue weighted by atomic mass is 35.5. The number of carboxylic acids is 1. The molecule has 0 unspecified atom stereocenters. The molecule has 4 rings (SSSR count). The van der Waals surface area contributed by atoms with Gasteiger partial charge in [0.05, 0.1) is 13.2 Å². The zero-order chi connectivity index (χ0) is 36.9. The SMILES string of the molecule is CS(=O)(=O)c1ccc(C(=O)O)s1.CS(=O)(=O)c1ccc(CN=[N+]=[N-])s1.CS(=O)(=O)c1ccc(CNCl)s1.CS(=O)(=O)c1ccc(CO)s1. The minimum atomic E-state index is -3.26. The van der Waals surface area contributed by atoms with E-state index in [1.807, 2.05) is 0 Å². The van der Waals surface area contributed by atoms with Gasteiger partial charge in [0.2, 0.25) is 0 Å². The quantitative estimate of drug-likeness (QED) is 0.0839. The fraction of sp³-hybridized carbons (Fsp3) is 0.292. The highest BCUT2D eigenvalue weighted by Gasteiger charge is 2.14. The topological polar surface area (TPSA) is 255 Å². The van der Waals surface area contributed by atoms with Crippen molar-refractivity contribution < 1.29 is 48.7 Å². The largest absolute Gasteiger partial charge is 0.477 e. The molecular weight excluding hydrogens is 812 g/mol. The van der Waals surface area contributed by atoms with Crippen LogP contribution >= 0.6 is 57.1 Å². The Hall–Kier alpha value is -2.41. The van der Waals surface area contributed by atoms with Gasteiger partial charge in [-0.3, -0.25) is 0 Å². The molecule has 15 nitrogen and oxygen atoms in total. The summed E-state index contributed by atoms with van der Waals surface area (Å²) in [5.41, 5.74) is 8.04. The molecule has 0 aromatic carbocycles. The van der Waals surface area contributed by atoms with E-state index in [0.717, 1.165) is 62.5 Å². The van der Waals surface area contributed by atoms with E-state index in [9.17, 15) is 38.5 Å². The monoisotopic (exact) mass is 840 g/mol. The van der Waals surface area contributed by atoms with Crippen molar-refractivity contribution >= 4 is 102 Å². The van der Waals surface area contributed by atoms with E-state index in [4.69, 9.17) is 27.5 Å². The van der Waals surface area contributed by atoms with Crippen LogP contribution in [0, 0.1) is 0 Å². The first kappa shape index (κ1) is 43.6. The number of azide groups is 1. The smallest absolute Gasteiger partial charge is 0.345 e. The molecule has 0 atom stereocenters. The van der Waals surface area contributed by atoms with Crippen LogP contribution < -0.4 is 4.84 Å². The normalized spacial score (nSPS) is 11.5. The number of aliphatic hydroxyl groups excluding tert-OH is 1. The summed E-state index contributed by atoms with van der Waals surface area (Å²) in [6.45, 7) is 0.596. The molecular formula is C24H29ClN4O11S8. The number of thiophene rings is 4. The van der Waals surface area contributed by atoms with Gasteiger partial charge in [-0.25, -0.2) is 43.3 Å². The maximum absolute atomic E-state index is 11.0. The second-order valence-corrected chi connectivity index (χ2v) is 22.9. The van der Waals surface area contributed by atoms with Crippen molar-refractivity contribution in [2.75, 3.05) is 25.0 Å². The van der Waals surface area contributed by atoms with Crippen LogP contribution in [0.25, 0.3) is 10.4 Å². The van der Waals surface area contributed by atoms with Gasteiger partial charge in [0.1, 0.15) is 21.7 Å². The van der Waals surface area contributed by atoms with Crippen molar-refractivity contribution in [3.05, 3.63) is 78.5 Å². The van der Waals surface area contributed by atoms with E-state index < -0.39 is 45.3 Å². The number of nitrogens with zero attached hydrogens (tertiary/aromatic N) is 3. The lowest BCUT2D eigenvalue weighted by molar-refractivity contribution is 0.0702. The first-order valence-electron chi connectivity index (χ1n) is 12.4. The summed E-state index contributed by atoms with van der Waals surface area (Å²) in [4.78, 5) is 17.7. The summed E-state index contributed by atoms with van der Waals surface area (Å²) in [5.74, 6) is -1.10. The van der Waals surface area contributed by atoms with Crippen molar-refractivity contribution in [3.63, 3.8) is 0 Å². The van der Waals surface area contributed by atoms with Crippen LogP contribution in [0.15, 0.2) is 70.5 Å². The Morgan fingerprint density at radius 3 is 1.40 bits per heavy atom. The van der Waals surface area contributed by atoms with E-state index in [2.05, 4.69) is 14.9 Å². The number of rotatable bonds is 10. The Morgan fingerprint density at radius 2 is 1.08 bits per heavy atom. The predicted molar refractivity (Wildman–Crippen MR) is 188 cm³/mol. The lowest BCUT2D eigenvalue weighted by Crippen LogP contribution is -1.95. The Morgan fingerprint density at radius 1 is 0.708 bits per heavy atom. The molecule has 0 fully saturated rings. The van der Waals surface area contributed by atoms with Gasteiger partial charge in [-0.05, 0) is 65.8 Å². The van der Waals surface area contributed by atoms with E-state index in [1.54, 1.807) is 24.3 Å². The Balaban J connectivity index is 0.000000320. The fourth-order valence-electron chi connectivity index (χ4n) is 2.74. The van der Waals surface area contributed by atoms with Crippen LogP contribution in [0.1, 0.15) is 24.3 Å². The number of hydrogen-bond acceptors (Lipinski definition) is 16. The van der Waals surface area contributed by atoms with Gasteiger partial charge in [-0.15, -0.1) is 45.3 Å². The van der Waals surface area contributed by atoms with Crippen LogP contribution in [0.4, 0.5) is 0 Å². The Bertz CT molecular complexity index is 2160. The second kappa shape index (κ2) is 19.1. The summed E-state index contributed by atoms with van der Waals surface area (Å²) in [6.07, 6.45) is 4.54. The minimum Gasteiger partial charge on any atom is -0.477 e. The van der Waals surface area contributed by atoms with Crippen molar-refractivity contribution in [1.82, 2.24) is 4.84 Å². The standard InChI is InChI=1S/C6H8ClNO2S2.C6H7N3O2S2.C6H6O4S2.C6H8O3S2/c1-12(9,10)6-3-2-5(11-6)4-8-7;1-13(10,11)6-3-2-5(12-6)4-8-9-7;1-12(9,10)5-3-2-4(11-5)6(7)8;1-11(8,9)6-3-2-5(4-7)10-6/h2-3,8H,4H2,1H3;2-3H,4H2,1H3;2-3H,1H3,(H,7,8);2-3,7H,4H2,1H3. The van der Waals surface area contributed by atoms with Gasteiger partial charge in [-0.2, -0.15) is 0 Å². The Labute approximate surface area is 298 Å². The molecule has 0 aliphatic rings. The van der Waals surface area contributed by atoms with Gasteiger partial charge < -0.3 is 10.2 Å². The molecule has 0 radical (unpaired) electrons.